The SMILES string of the molecule is ClCCCCCOc1ccc(-c2nc3ccc(OCCCCCCl)cc3o2)cc1. The van der Waals surface area contributed by atoms with E-state index in [4.69, 9.17) is 37.1 Å². The van der Waals surface area contributed by atoms with E-state index in [1.807, 2.05) is 42.5 Å². The van der Waals surface area contributed by atoms with E-state index in [1.54, 1.807) is 0 Å². The lowest BCUT2D eigenvalue weighted by molar-refractivity contribution is 0.306. The third-order valence-electron chi connectivity index (χ3n) is 4.55. The fraction of sp³-hybridized carbons (Fsp3) is 0.435. The van der Waals surface area contributed by atoms with Gasteiger partial charge in [-0.2, -0.15) is 0 Å². The van der Waals surface area contributed by atoms with Crippen molar-refractivity contribution < 1.29 is 13.9 Å². The minimum atomic E-state index is 0.591. The number of rotatable bonds is 13. The van der Waals surface area contributed by atoms with Crippen LogP contribution in [0.5, 0.6) is 11.5 Å². The summed E-state index contributed by atoms with van der Waals surface area (Å²) >= 11 is 11.4. The predicted octanol–water partition coefficient (Wildman–Crippen LogP) is 7.07. The highest BCUT2D eigenvalue weighted by Gasteiger charge is 2.09. The van der Waals surface area contributed by atoms with E-state index in [2.05, 4.69) is 4.98 Å². The maximum absolute atomic E-state index is 5.94. The highest BCUT2D eigenvalue weighted by molar-refractivity contribution is 6.18. The molecule has 1 aromatic heterocycles. The minimum Gasteiger partial charge on any atom is -0.494 e. The molecule has 0 aliphatic rings. The molecule has 29 heavy (non-hydrogen) atoms. The van der Waals surface area contributed by atoms with Gasteiger partial charge in [0.25, 0.3) is 0 Å². The Bertz CT molecular complexity index is 864. The highest BCUT2D eigenvalue weighted by Crippen LogP contribution is 2.28. The minimum absolute atomic E-state index is 0.591. The molecule has 2 aromatic carbocycles. The summed E-state index contributed by atoms with van der Waals surface area (Å²) in [7, 11) is 0. The third kappa shape index (κ3) is 6.83. The Labute approximate surface area is 182 Å². The molecular weight excluding hydrogens is 409 g/mol. The van der Waals surface area contributed by atoms with Gasteiger partial charge in [-0.15, -0.1) is 23.2 Å². The van der Waals surface area contributed by atoms with Gasteiger partial charge in [0.1, 0.15) is 17.0 Å². The van der Waals surface area contributed by atoms with Crippen LogP contribution in [0, 0.1) is 0 Å². The zero-order valence-corrected chi connectivity index (χ0v) is 18.1. The standard InChI is InChI=1S/C23H27Cl2NO3/c24-13-3-1-5-15-27-19-9-7-18(8-10-19)23-26-21-12-11-20(17-22(21)29-23)28-16-6-2-4-14-25/h7-12,17H,1-6,13-16H2. The molecule has 0 amide bonds. The molecule has 156 valence electrons. The largest absolute Gasteiger partial charge is 0.494 e. The van der Waals surface area contributed by atoms with E-state index in [0.29, 0.717) is 30.9 Å². The van der Waals surface area contributed by atoms with Crippen molar-refractivity contribution in [1.82, 2.24) is 4.98 Å². The summed E-state index contributed by atoms with van der Waals surface area (Å²) in [5.41, 5.74) is 2.45. The van der Waals surface area contributed by atoms with E-state index in [1.165, 1.54) is 0 Å². The second-order valence-electron chi connectivity index (χ2n) is 6.87. The molecule has 0 atom stereocenters. The number of oxazole rings is 1. The summed E-state index contributed by atoms with van der Waals surface area (Å²) in [4.78, 5) is 4.58. The molecule has 0 aliphatic carbocycles. The van der Waals surface area contributed by atoms with Crippen molar-refractivity contribution in [3.05, 3.63) is 42.5 Å². The molecule has 0 radical (unpaired) electrons. The normalized spacial score (nSPS) is 11.1. The second-order valence-corrected chi connectivity index (χ2v) is 7.63. The number of fused-ring (bicyclic) bond motifs is 1. The zero-order valence-electron chi connectivity index (χ0n) is 16.5. The molecule has 1 heterocycles. The van der Waals surface area contributed by atoms with Gasteiger partial charge in [-0.05, 0) is 74.9 Å². The highest BCUT2D eigenvalue weighted by atomic mass is 35.5. The summed E-state index contributed by atoms with van der Waals surface area (Å²) < 4.78 is 17.5. The molecule has 6 heteroatoms. The van der Waals surface area contributed by atoms with Crippen LogP contribution in [0.15, 0.2) is 46.9 Å². The lowest BCUT2D eigenvalue weighted by Crippen LogP contribution is -1.97. The number of benzene rings is 2. The van der Waals surface area contributed by atoms with Crippen LogP contribution in [0.2, 0.25) is 0 Å². The van der Waals surface area contributed by atoms with Crippen molar-refractivity contribution >= 4 is 34.3 Å². The molecule has 0 unspecified atom stereocenters. The van der Waals surface area contributed by atoms with Crippen LogP contribution in [-0.2, 0) is 0 Å². The molecule has 0 saturated heterocycles. The van der Waals surface area contributed by atoms with Crippen LogP contribution in [0.3, 0.4) is 0 Å². The summed E-state index contributed by atoms with van der Waals surface area (Å²) in [6.45, 7) is 1.38. The fourth-order valence-electron chi connectivity index (χ4n) is 2.94. The van der Waals surface area contributed by atoms with Crippen molar-refractivity contribution in [3.63, 3.8) is 0 Å². The molecule has 0 spiro atoms. The van der Waals surface area contributed by atoms with Gasteiger partial charge in [0.2, 0.25) is 5.89 Å². The Kier molecular flexibility index (Phi) is 8.97. The van der Waals surface area contributed by atoms with Crippen LogP contribution in [0.1, 0.15) is 38.5 Å². The number of aromatic nitrogens is 1. The van der Waals surface area contributed by atoms with Gasteiger partial charge >= 0.3 is 0 Å². The van der Waals surface area contributed by atoms with E-state index in [-0.39, 0.29) is 0 Å². The van der Waals surface area contributed by atoms with E-state index in [0.717, 1.165) is 66.7 Å². The first-order valence-corrected chi connectivity index (χ1v) is 11.3. The zero-order chi connectivity index (χ0) is 20.3. The lowest BCUT2D eigenvalue weighted by atomic mass is 10.2. The summed E-state index contributed by atoms with van der Waals surface area (Å²) in [5.74, 6) is 3.65. The van der Waals surface area contributed by atoms with Gasteiger partial charge in [-0.1, -0.05) is 0 Å². The van der Waals surface area contributed by atoms with E-state index >= 15 is 0 Å². The molecule has 0 fully saturated rings. The topological polar surface area (TPSA) is 44.5 Å². The molecule has 0 bridgehead atoms. The van der Waals surface area contributed by atoms with Crippen LogP contribution in [0.4, 0.5) is 0 Å². The Hall–Kier alpha value is -1.91. The summed E-state index contributed by atoms with van der Waals surface area (Å²) in [5, 5.41) is 0. The Balaban J connectivity index is 1.56. The monoisotopic (exact) mass is 435 g/mol. The maximum atomic E-state index is 5.94. The van der Waals surface area contributed by atoms with Gasteiger partial charge in [-0.3, -0.25) is 0 Å². The molecule has 0 N–H and O–H groups in total. The van der Waals surface area contributed by atoms with Crippen molar-refractivity contribution in [2.75, 3.05) is 25.0 Å². The van der Waals surface area contributed by atoms with Crippen LogP contribution in [0.25, 0.3) is 22.6 Å². The molecule has 0 saturated carbocycles. The number of halogens is 2. The Morgan fingerprint density at radius 3 is 2.00 bits per heavy atom. The van der Waals surface area contributed by atoms with Crippen molar-refractivity contribution in [1.29, 1.82) is 0 Å². The number of hydrogen-bond donors (Lipinski definition) is 0. The van der Waals surface area contributed by atoms with E-state index in [9.17, 15) is 0 Å². The average molecular weight is 436 g/mol. The van der Waals surface area contributed by atoms with Crippen molar-refractivity contribution in [2.45, 2.75) is 38.5 Å². The van der Waals surface area contributed by atoms with Crippen molar-refractivity contribution in [3.8, 4) is 23.0 Å². The molecular formula is C23H27Cl2NO3. The van der Waals surface area contributed by atoms with Gasteiger partial charge < -0.3 is 13.9 Å². The number of ether oxygens (including phenoxy) is 2. The molecule has 4 nitrogen and oxygen atoms in total. The summed E-state index contributed by atoms with van der Waals surface area (Å²) in [6, 6.07) is 13.6. The number of unbranched alkanes of at least 4 members (excludes halogenated alkanes) is 4. The Morgan fingerprint density at radius 2 is 1.34 bits per heavy atom. The van der Waals surface area contributed by atoms with E-state index < -0.39 is 0 Å². The van der Waals surface area contributed by atoms with Gasteiger partial charge in [-0.25, -0.2) is 4.98 Å². The molecule has 3 aromatic rings. The lowest BCUT2D eigenvalue weighted by Gasteiger charge is -2.06. The quantitative estimate of drug-likeness (QED) is 0.212. The van der Waals surface area contributed by atoms with Crippen LogP contribution >= 0.6 is 23.2 Å². The average Bonchev–Trinajstić information content (AvgIpc) is 3.17. The van der Waals surface area contributed by atoms with Crippen LogP contribution < -0.4 is 9.47 Å². The number of alkyl halides is 2. The number of nitrogens with zero attached hydrogens (tertiary/aromatic N) is 1. The molecule has 3 rings (SSSR count). The first-order valence-electron chi connectivity index (χ1n) is 10.2. The maximum Gasteiger partial charge on any atom is 0.227 e. The van der Waals surface area contributed by atoms with Gasteiger partial charge in [0.05, 0.1) is 13.2 Å². The van der Waals surface area contributed by atoms with Crippen LogP contribution in [-0.4, -0.2) is 30.0 Å². The predicted molar refractivity (Wildman–Crippen MR) is 120 cm³/mol. The fourth-order valence-corrected chi connectivity index (χ4v) is 3.32. The second kappa shape index (κ2) is 11.9. The summed E-state index contributed by atoms with van der Waals surface area (Å²) in [6.07, 6.45) is 6.22. The Morgan fingerprint density at radius 1 is 0.724 bits per heavy atom. The smallest absolute Gasteiger partial charge is 0.227 e. The molecule has 0 aliphatic heterocycles. The van der Waals surface area contributed by atoms with Gasteiger partial charge in [0.15, 0.2) is 5.58 Å². The first kappa shape index (κ1) is 21.8. The number of hydrogen-bond acceptors (Lipinski definition) is 4. The first-order chi connectivity index (χ1) is 14.3. The van der Waals surface area contributed by atoms with Gasteiger partial charge in [0, 0.05) is 23.4 Å². The van der Waals surface area contributed by atoms with Crippen molar-refractivity contribution in [2.24, 2.45) is 0 Å². The third-order valence-corrected chi connectivity index (χ3v) is 5.09.